The van der Waals surface area contributed by atoms with Crippen molar-refractivity contribution in [3.63, 3.8) is 0 Å². The lowest BCUT2D eigenvalue weighted by molar-refractivity contribution is -0.197. The lowest BCUT2D eigenvalue weighted by atomic mass is 10.3. The number of carbonyl (C=O) groups is 4. The molecule has 10 heteroatoms. The Balaban J connectivity index is 1.96. The fourth-order valence-electron chi connectivity index (χ4n) is 1.73. The van der Waals surface area contributed by atoms with E-state index in [4.69, 9.17) is 19.0 Å². The maximum atomic E-state index is 11.5. The van der Waals surface area contributed by atoms with Crippen LogP contribution < -0.4 is 5.32 Å². The fourth-order valence-corrected chi connectivity index (χ4v) is 1.73. The van der Waals surface area contributed by atoms with Crippen molar-refractivity contribution in [2.24, 2.45) is 0 Å². The fraction of sp³-hybridized carbons (Fsp3) is 0.714. The van der Waals surface area contributed by atoms with Gasteiger partial charge in [-0.05, 0) is 6.42 Å². The SMILES string of the molecule is COCCNC(=O)OCCOCCCC(=O)ON1C(=O)CCC1=O. The predicted octanol–water partition coefficient (Wildman–Crippen LogP) is -0.237. The molecule has 1 fully saturated rings. The third-order valence-electron chi connectivity index (χ3n) is 2.90. The van der Waals surface area contributed by atoms with Crippen LogP contribution in [0.1, 0.15) is 25.7 Å². The Morgan fingerprint density at radius 2 is 1.79 bits per heavy atom. The minimum atomic E-state index is -0.670. The van der Waals surface area contributed by atoms with E-state index in [1.54, 1.807) is 0 Å². The van der Waals surface area contributed by atoms with Crippen LogP contribution in [-0.2, 0) is 33.4 Å². The van der Waals surface area contributed by atoms with E-state index in [1.165, 1.54) is 7.11 Å². The van der Waals surface area contributed by atoms with E-state index in [-0.39, 0.29) is 39.1 Å². The van der Waals surface area contributed by atoms with Crippen LogP contribution in [0.2, 0.25) is 0 Å². The molecule has 0 aromatic rings. The molecule has 0 saturated carbocycles. The number of hydrogen-bond donors (Lipinski definition) is 1. The third-order valence-corrected chi connectivity index (χ3v) is 2.90. The number of carbonyl (C=O) groups excluding carboxylic acids is 4. The molecule has 0 aliphatic carbocycles. The zero-order chi connectivity index (χ0) is 17.8. The molecule has 0 bridgehead atoms. The predicted molar refractivity (Wildman–Crippen MR) is 78.5 cm³/mol. The van der Waals surface area contributed by atoms with Crippen molar-refractivity contribution < 1.29 is 38.2 Å². The largest absolute Gasteiger partial charge is 0.447 e. The Kier molecular flexibility index (Phi) is 9.39. The first-order chi connectivity index (χ1) is 11.5. The summed E-state index contributed by atoms with van der Waals surface area (Å²) in [5, 5.41) is 2.99. The Bertz CT molecular complexity index is 438. The van der Waals surface area contributed by atoms with Crippen molar-refractivity contribution in [1.82, 2.24) is 10.4 Å². The van der Waals surface area contributed by atoms with Crippen LogP contribution in [0, 0.1) is 0 Å². The molecule has 0 radical (unpaired) electrons. The Morgan fingerprint density at radius 1 is 1.08 bits per heavy atom. The molecule has 24 heavy (non-hydrogen) atoms. The molecule has 10 nitrogen and oxygen atoms in total. The summed E-state index contributed by atoms with van der Waals surface area (Å²) in [6.45, 7) is 1.29. The molecule has 1 heterocycles. The molecule has 0 spiro atoms. The van der Waals surface area contributed by atoms with E-state index in [9.17, 15) is 19.2 Å². The zero-order valence-corrected chi connectivity index (χ0v) is 13.6. The van der Waals surface area contributed by atoms with Gasteiger partial charge in [-0.1, -0.05) is 0 Å². The number of imide groups is 1. The minimum absolute atomic E-state index is 0.00935. The monoisotopic (exact) mass is 346 g/mol. The van der Waals surface area contributed by atoms with Crippen molar-refractivity contribution in [2.75, 3.05) is 40.1 Å². The van der Waals surface area contributed by atoms with Crippen LogP contribution in [0.5, 0.6) is 0 Å². The number of alkyl carbamates (subject to hydrolysis) is 1. The average Bonchev–Trinajstić information content (AvgIpc) is 2.86. The number of amides is 3. The highest BCUT2D eigenvalue weighted by atomic mass is 16.7. The number of hydrogen-bond acceptors (Lipinski definition) is 8. The van der Waals surface area contributed by atoms with Gasteiger partial charge < -0.3 is 24.4 Å². The standard InChI is InChI=1S/C14H22N2O8/c1-21-8-6-15-14(20)23-10-9-22-7-2-3-13(19)24-16-11(17)4-5-12(16)18/h2-10H2,1H3,(H,15,20). The van der Waals surface area contributed by atoms with Gasteiger partial charge in [0.05, 0.1) is 19.6 Å². The molecule has 0 unspecified atom stereocenters. The van der Waals surface area contributed by atoms with Crippen LogP contribution in [0.25, 0.3) is 0 Å². The second-order valence-electron chi connectivity index (χ2n) is 4.82. The lowest BCUT2D eigenvalue weighted by Gasteiger charge is -2.12. The molecule has 0 atom stereocenters. The normalized spacial score (nSPS) is 14.0. The summed E-state index contributed by atoms with van der Waals surface area (Å²) in [4.78, 5) is 49.8. The maximum Gasteiger partial charge on any atom is 0.407 e. The summed E-state index contributed by atoms with van der Waals surface area (Å²) in [5.74, 6) is -1.69. The number of rotatable bonds is 11. The highest BCUT2D eigenvalue weighted by Crippen LogP contribution is 2.12. The molecule has 1 saturated heterocycles. The van der Waals surface area contributed by atoms with Gasteiger partial charge in [0.1, 0.15) is 6.61 Å². The molecule has 3 amide bonds. The highest BCUT2D eigenvalue weighted by molar-refractivity contribution is 6.01. The number of hydroxylamine groups is 2. The average molecular weight is 346 g/mol. The van der Waals surface area contributed by atoms with Crippen LogP contribution in [0.4, 0.5) is 4.79 Å². The Labute approximate surface area is 139 Å². The van der Waals surface area contributed by atoms with Gasteiger partial charge in [0, 0.05) is 33.1 Å². The van der Waals surface area contributed by atoms with Gasteiger partial charge >= 0.3 is 12.1 Å². The Morgan fingerprint density at radius 3 is 2.46 bits per heavy atom. The van der Waals surface area contributed by atoms with Gasteiger partial charge in [-0.25, -0.2) is 9.59 Å². The van der Waals surface area contributed by atoms with E-state index in [2.05, 4.69) is 5.32 Å². The van der Waals surface area contributed by atoms with Gasteiger partial charge in [0.15, 0.2) is 0 Å². The zero-order valence-electron chi connectivity index (χ0n) is 13.6. The Hall–Kier alpha value is -2.20. The van der Waals surface area contributed by atoms with Gasteiger partial charge in [0.25, 0.3) is 11.8 Å². The molecule has 0 aromatic heterocycles. The summed E-state index contributed by atoms with van der Waals surface area (Å²) in [7, 11) is 1.53. The van der Waals surface area contributed by atoms with Crippen LogP contribution in [-0.4, -0.2) is 69.0 Å². The first kappa shape index (κ1) is 19.8. The first-order valence-corrected chi connectivity index (χ1v) is 7.58. The number of ether oxygens (including phenoxy) is 3. The van der Waals surface area contributed by atoms with E-state index in [1.807, 2.05) is 0 Å². The maximum absolute atomic E-state index is 11.5. The summed E-state index contributed by atoms with van der Waals surface area (Å²) in [6.07, 6.45) is -0.0632. The number of nitrogens with one attached hydrogen (secondary N) is 1. The molecule has 0 aromatic carbocycles. The first-order valence-electron chi connectivity index (χ1n) is 7.58. The summed E-state index contributed by atoms with van der Waals surface area (Å²) < 4.78 is 14.8. The number of nitrogens with zero attached hydrogens (tertiary/aromatic N) is 1. The smallest absolute Gasteiger partial charge is 0.407 e. The van der Waals surface area contributed by atoms with Crippen LogP contribution in [0.15, 0.2) is 0 Å². The molecule has 1 N–H and O–H groups in total. The molecule has 1 aliphatic rings. The second kappa shape index (κ2) is 11.4. The van der Waals surface area contributed by atoms with Crippen LogP contribution >= 0.6 is 0 Å². The van der Waals surface area contributed by atoms with E-state index >= 15 is 0 Å². The van der Waals surface area contributed by atoms with E-state index < -0.39 is 23.9 Å². The quantitative estimate of drug-likeness (QED) is 0.402. The molecular formula is C14H22N2O8. The minimum Gasteiger partial charge on any atom is -0.447 e. The second-order valence-corrected chi connectivity index (χ2v) is 4.82. The van der Waals surface area contributed by atoms with E-state index in [0.717, 1.165) is 0 Å². The van der Waals surface area contributed by atoms with E-state index in [0.29, 0.717) is 24.6 Å². The summed E-state index contributed by atoms with van der Waals surface area (Å²) in [6, 6.07) is 0. The molecule has 1 aliphatic heterocycles. The van der Waals surface area contributed by atoms with Gasteiger partial charge in [-0.2, -0.15) is 0 Å². The highest BCUT2D eigenvalue weighted by Gasteiger charge is 2.32. The third kappa shape index (κ3) is 7.88. The molecule has 136 valence electrons. The molecule has 1 rings (SSSR count). The lowest BCUT2D eigenvalue weighted by Crippen LogP contribution is -2.32. The summed E-state index contributed by atoms with van der Waals surface area (Å²) in [5.41, 5.74) is 0. The van der Waals surface area contributed by atoms with Crippen molar-refractivity contribution in [1.29, 1.82) is 0 Å². The van der Waals surface area contributed by atoms with Gasteiger partial charge in [-0.15, -0.1) is 5.06 Å². The topological polar surface area (TPSA) is 120 Å². The van der Waals surface area contributed by atoms with Crippen molar-refractivity contribution in [2.45, 2.75) is 25.7 Å². The van der Waals surface area contributed by atoms with Crippen molar-refractivity contribution >= 4 is 23.9 Å². The van der Waals surface area contributed by atoms with Crippen LogP contribution in [0.3, 0.4) is 0 Å². The number of methoxy groups -OCH3 is 1. The van der Waals surface area contributed by atoms with Crippen molar-refractivity contribution in [3.8, 4) is 0 Å². The van der Waals surface area contributed by atoms with Crippen molar-refractivity contribution in [3.05, 3.63) is 0 Å². The summed E-state index contributed by atoms with van der Waals surface area (Å²) >= 11 is 0. The van der Waals surface area contributed by atoms with Gasteiger partial charge in [-0.3, -0.25) is 9.59 Å². The molecular weight excluding hydrogens is 324 g/mol. The van der Waals surface area contributed by atoms with Gasteiger partial charge in [0.2, 0.25) is 0 Å².